The van der Waals surface area contributed by atoms with E-state index in [1.165, 1.54) is 0 Å². The number of hydrogen-bond donors (Lipinski definition) is 3. The number of fused-ring (bicyclic) bond motifs is 1. The normalized spacial score (nSPS) is 12.8. The van der Waals surface area contributed by atoms with Crippen LogP contribution >= 0.6 is 0 Å². The fourth-order valence-corrected chi connectivity index (χ4v) is 2.13. The molecule has 0 aliphatic rings. The van der Waals surface area contributed by atoms with E-state index in [2.05, 4.69) is 10.3 Å². The number of hydrogen-bond acceptors (Lipinski definition) is 2. The first-order valence-electron chi connectivity index (χ1n) is 6.57. The molecule has 1 atom stereocenters. The van der Waals surface area contributed by atoms with Crippen LogP contribution in [0.25, 0.3) is 10.9 Å². The summed E-state index contributed by atoms with van der Waals surface area (Å²) in [6.07, 6.45) is 2.20. The minimum atomic E-state index is -0.183. The van der Waals surface area contributed by atoms with Crippen molar-refractivity contribution in [1.29, 1.82) is 0 Å². The minimum absolute atomic E-state index is 0.0305. The lowest BCUT2D eigenvalue weighted by Crippen LogP contribution is -2.41. The van der Waals surface area contributed by atoms with Crippen LogP contribution < -0.4 is 5.32 Å². The molecule has 1 aromatic carbocycles. The van der Waals surface area contributed by atoms with Crippen LogP contribution in [0.3, 0.4) is 0 Å². The van der Waals surface area contributed by atoms with Crippen LogP contribution in [0.5, 0.6) is 0 Å². The number of aliphatic hydroxyl groups excluding tert-OH is 1. The van der Waals surface area contributed by atoms with Crippen molar-refractivity contribution in [3.05, 3.63) is 36.0 Å². The zero-order valence-electron chi connectivity index (χ0n) is 11.3. The van der Waals surface area contributed by atoms with Gasteiger partial charge in [0.05, 0.1) is 19.1 Å². The van der Waals surface area contributed by atoms with Gasteiger partial charge in [-0.2, -0.15) is 0 Å². The van der Waals surface area contributed by atoms with Gasteiger partial charge in [-0.1, -0.05) is 32.0 Å². The molecule has 0 fully saturated rings. The largest absolute Gasteiger partial charge is 0.394 e. The van der Waals surface area contributed by atoms with Gasteiger partial charge in [0.15, 0.2) is 0 Å². The van der Waals surface area contributed by atoms with Gasteiger partial charge in [0.2, 0.25) is 5.91 Å². The lowest BCUT2D eigenvalue weighted by Gasteiger charge is -2.19. The zero-order chi connectivity index (χ0) is 13.8. The molecule has 0 radical (unpaired) electrons. The van der Waals surface area contributed by atoms with E-state index >= 15 is 0 Å². The van der Waals surface area contributed by atoms with Crippen molar-refractivity contribution in [1.82, 2.24) is 10.3 Å². The number of aromatic amines is 1. The summed E-state index contributed by atoms with van der Waals surface area (Å²) >= 11 is 0. The van der Waals surface area contributed by atoms with Crippen molar-refractivity contribution >= 4 is 16.8 Å². The van der Waals surface area contributed by atoms with E-state index in [9.17, 15) is 9.90 Å². The molecule has 0 spiro atoms. The lowest BCUT2D eigenvalue weighted by atomic mass is 10.0. The summed E-state index contributed by atoms with van der Waals surface area (Å²) in [6, 6.07) is 7.73. The topological polar surface area (TPSA) is 65.1 Å². The third kappa shape index (κ3) is 3.15. The highest BCUT2D eigenvalue weighted by atomic mass is 16.3. The van der Waals surface area contributed by atoms with Gasteiger partial charge < -0.3 is 15.4 Å². The van der Waals surface area contributed by atoms with Crippen LogP contribution in [-0.4, -0.2) is 28.6 Å². The first-order valence-corrected chi connectivity index (χ1v) is 6.57. The SMILES string of the molecule is CC(C)[C@@H](CO)NC(=O)Cc1c[nH]c2ccccc12. The molecule has 102 valence electrons. The molecule has 19 heavy (non-hydrogen) atoms. The summed E-state index contributed by atoms with van der Waals surface area (Å²) in [4.78, 5) is 15.1. The van der Waals surface area contributed by atoms with Gasteiger partial charge >= 0.3 is 0 Å². The molecule has 0 saturated carbocycles. The van der Waals surface area contributed by atoms with Gasteiger partial charge in [-0.15, -0.1) is 0 Å². The number of rotatable bonds is 5. The van der Waals surface area contributed by atoms with E-state index in [1.54, 1.807) is 0 Å². The van der Waals surface area contributed by atoms with Gasteiger partial charge in [-0.25, -0.2) is 0 Å². The minimum Gasteiger partial charge on any atom is -0.394 e. The van der Waals surface area contributed by atoms with E-state index in [4.69, 9.17) is 0 Å². The van der Waals surface area contributed by atoms with E-state index in [0.29, 0.717) is 6.42 Å². The fraction of sp³-hybridized carbons (Fsp3) is 0.400. The zero-order valence-corrected chi connectivity index (χ0v) is 11.3. The number of para-hydroxylation sites is 1. The predicted molar refractivity (Wildman–Crippen MR) is 75.9 cm³/mol. The Morgan fingerprint density at radius 2 is 2.11 bits per heavy atom. The van der Waals surface area contributed by atoms with E-state index in [-0.39, 0.29) is 24.5 Å². The number of nitrogens with one attached hydrogen (secondary N) is 2. The molecule has 3 N–H and O–H groups in total. The van der Waals surface area contributed by atoms with Crippen molar-refractivity contribution < 1.29 is 9.90 Å². The second-order valence-electron chi connectivity index (χ2n) is 5.14. The van der Waals surface area contributed by atoms with Crippen LogP contribution in [0.2, 0.25) is 0 Å². The standard InChI is InChI=1S/C15H20N2O2/c1-10(2)14(9-18)17-15(19)7-11-8-16-13-6-4-3-5-12(11)13/h3-6,8,10,14,16,18H,7,9H2,1-2H3,(H,17,19)/t14-/m1/s1. The van der Waals surface area contributed by atoms with Crippen molar-refractivity contribution in [2.45, 2.75) is 26.3 Å². The Labute approximate surface area is 112 Å². The highest BCUT2D eigenvalue weighted by molar-refractivity contribution is 5.88. The number of benzene rings is 1. The van der Waals surface area contributed by atoms with Crippen LogP contribution in [0.1, 0.15) is 19.4 Å². The summed E-state index contributed by atoms with van der Waals surface area (Å²) in [5.74, 6) is 0.162. The average Bonchev–Trinajstić information content (AvgIpc) is 2.79. The highest BCUT2D eigenvalue weighted by Crippen LogP contribution is 2.18. The number of aliphatic hydroxyl groups is 1. The smallest absolute Gasteiger partial charge is 0.224 e. The Hall–Kier alpha value is -1.81. The molecular weight excluding hydrogens is 240 g/mol. The molecule has 0 aliphatic heterocycles. The first-order chi connectivity index (χ1) is 9.11. The second kappa shape index (κ2) is 5.89. The van der Waals surface area contributed by atoms with Crippen LogP contribution in [0.4, 0.5) is 0 Å². The molecule has 1 aromatic heterocycles. The third-order valence-electron chi connectivity index (χ3n) is 3.37. The monoisotopic (exact) mass is 260 g/mol. The lowest BCUT2D eigenvalue weighted by molar-refractivity contribution is -0.121. The molecule has 2 rings (SSSR count). The van der Waals surface area contributed by atoms with Gasteiger partial charge in [0, 0.05) is 17.1 Å². The Morgan fingerprint density at radius 3 is 2.79 bits per heavy atom. The molecule has 0 aliphatic carbocycles. The summed E-state index contributed by atoms with van der Waals surface area (Å²) in [5.41, 5.74) is 2.02. The molecule has 0 saturated heterocycles. The summed E-state index contributed by atoms with van der Waals surface area (Å²) < 4.78 is 0. The van der Waals surface area contributed by atoms with E-state index in [0.717, 1.165) is 16.5 Å². The predicted octanol–water partition coefficient (Wildman–Crippen LogP) is 1.84. The Bertz CT molecular complexity index is 560. The van der Waals surface area contributed by atoms with Gasteiger partial charge in [-0.05, 0) is 17.5 Å². The Balaban J connectivity index is 2.06. The van der Waals surface area contributed by atoms with Crippen molar-refractivity contribution in [3.8, 4) is 0 Å². The molecule has 1 amide bonds. The van der Waals surface area contributed by atoms with Crippen LogP contribution in [0.15, 0.2) is 30.5 Å². The van der Waals surface area contributed by atoms with Gasteiger partial charge in [0.25, 0.3) is 0 Å². The quantitative estimate of drug-likeness (QED) is 0.768. The van der Waals surface area contributed by atoms with E-state index in [1.807, 2.05) is 44.3 Å². The van der Waals surface area contributed by atoms with E-state index < -0.39 is 0 Å². The van der Waals surface area contributed by atoms with Crippen LogP contribution in [-0.2, 0) is 11.2 Å². The van der Waals surface area contributed by atoms with Crippen LogP contribution in [0, 0.1) is 5.92 Å². The van der Waals surface area contributed by atoms with Crippen molar-refractivity contribution in [3.63, 3.8) is 0 Å². The van der Waals surface area contributed by atoms with Crippen molar-refractivity contribution in [2.24, 2.45) is 5.92 Å². The number of carbonyl (C=O) groups excluding carboxylic acids is 1. The molecule has 2 aromatic rings. The van der Waals surface area contributed by atoms with Gasteiger partial charge in [0.1, 0.15) is 0 Å². The molecule has 4 nitrogen and oxygen atoms in total. The number of aromatic nitrogens is 1. The summed E-state index contributed by atoms with van der Waals surface area (Å²) in [6.45, 7) is 3.93. The number of amides is 1. The maximum absolute atomic E-state index is 12.0. The third-order valence-corrected chi connectivity index (χ3v) is 3.37. The number of H-pyrrole nitrogens is 1. The van der Waals surface area contributed by atoms with Gasteiger partial charge in [-0.3, -0.25) is 4.79 Å². The van der Waals surface area contributed by atoms with Crippen molar-refractivity contribution in [2.75, 3.05) is 6.61 Å². The summed E-state index contributed by atoms with van der Waals surface area (Å²) in [7, 11) is 0. The average molecular weight is 260 g/mol. The second-order valence-corrected chi connectivity index (χ2v) is 5.14. The Kier molecular flexibility index (Phi) is 4.22. The highest BCUT2D eigenvalue weighted by Gasteiger charge is 2.16. The summed E-state index contributed by atoms with van der Waals surface area (Å²) in [5, 5.41) is 13.2. The molecule has 0 bridgehead atoms. The number of carbonyl (C=O) groups is 1. The molecular formula is C15H20N2O2. The Morgan fingerprint density at radius 1 is 1.37 bits per heavy atom. The molecule has 0 unspecified atom stereocenters. The molecule has 4 heteroatoms. The fourth-order valence-electron chi connectivity index (χ4n) is 2.13. The molecule has 1 heterocycles. The first kappa shape index (κ1) is 13.6. The maximum atomic E-state index is 12.0. The maximum Gasteiger partial charge on any atom is 0.224 e.